The topological polar surface area (TPSA) is 42.5 Å². The summed E-state index contributed by atoms with van der Waals surface area (Å²) in [6, 6.07) is 23.8. The summed E-state index contributed by atoms with van der Waals surface area (Å²) < 4.78 is 2.88. The van der Waals surface area contributed by atoms with Crippen LogP contribution in [-0.2, 0) is 0 Å². The highest BCUT2D eigenvalue weighted by Crippen LogP contribution is 2.24. The minimum absolute atomic E-state index is 0.794. The highest BCUT2D eigenvalue weighted by Gasteiger charge is 2.08. The second kappa shape index (κ2) is 8.24. The number of rotatable bonds is 4. The van der Waals surface area contributed by atoms with Crippen LogP contribution < -0.4 is 4.80 Å². The third kappa shape index (κ3) is 4.30. The maximum atomic E-state index is 4.76. The molecule has 6 heteroatoms. The first-order chi connectivity index (χ1) is 13.3. The summed E-state index contributed by atoms with van der Waals surface area (Å²) >= 11 is 5.10. The first-order valence-electron chi connectivity index (χ1n) is 8.31. The SMILES string of the molecule is Brc1cccc(-c2csc(=Nc3ccccc3)n2N=Cc2ccccn2)c1. The quantitative estimate of drug-likeness (QED) is 0.391. The number of aromatic nitrogens is 2. The third-order valence-electron chi connectivity index (χ3n) is 3.78. The van der Waals surface area contributed by atoms with Crippen LogP contribution in [0.4, 0.5) is 5.69 Å². The largest absolute Gasteiger partial charge is 0.255 e. The zero-order valence-electron chi connectivity index (χ0n) is 14.2. The smallest absolute Gasteiger partial charge is 0.211 e. The lowest BCUT2D eigenvalue weighted by molar-refractivity contribution is 0.853. The van der Waals surface area contributed by atoms with Crippen molar-refractivity contribution in [3.05, 3.63) is 99.3 Å². The van der Waals surface area contributed by atoms with Crippen LogP contribution in [0.25, 0.3) is 11.3 Å². The van der Waals surface area contributed by atoms with Crippen LogP contribution >= 0.6 is 27.3 Å². The van der Waals surface area contributed by atoms with Gasteiger partial charge in [-0.3, -0.25) is 4.98 Å². The molecule has 2 aromatic heterocycles. The van der Waals surface area contributed by atoms with E-state index < -0.39 is 0 Å². The molecule has 2 heterocycles. The van der Waals surface area contributed by atoms with Crippen LogP contribution in [0.5, 0.6) is 0 Å². The maximum Gasteiger partial charge on any atom is 0.211 e. The summed E-state index contributed by atoms with van der Waals surface area (Å²) in [5.41, 5.74) is 3.72. The van der Waals surface area contributed by atoms with Crippen molar-refractivity contribution < 1.29 is 0 Å². The molecule has 27 heavy (non-hydrogen) atoms. The summed E-state index contributed by atoms with van der Waals surface area (Å²) in [4.78, 5) is 9.86. The Morgan fingerprint density at radius 1 is 0.963 bits per heavy atom. The number of para-hydroxylation sites is 1. The molecule has 4 aromatic rings. The minimum Gasteiger partial charge on any atom is -0.255 e. The Hall–Kier alpha value is -2.83. The van der Waals surface area contributed by atoms with E-state index in [0.717, 1.165) is 31.9 Å². The summed E-state index contributed by atoms with van der Waals surface area (Å²) in [6.45, 7) is 0. The van der Waals surface area contributed by atoms with E-state index in [1.54, 1.807) is 23.7 Å². The Labute approximate surface area is 169 Å². The number of thiazole rings is 1. The molecule has 132 valence electrons. The van der Waals surface area contributed by atoms with E-state index in [1.165, 1.54) is 0 Å². The zero-order chi connectivity index (χ0) is 18.5. The standard InChI is InChI=1S/C21H15BrN4S/c22-17-8-6-7-16(13-17)20-15-27-21(25-18-9-2-1-3-10-18)26(20)24-14-19-11-4-5-12-23-19/h1-15H. The van der Waals surface area contributed by atoms with Gasteiger partial charge in [0.25, 0.3) is 0 Å². The molecular weight excluding hydrogens is 420 g/mol. The number of pyridine rings is 1. The normalized spacial score (nSPS) is 12.0. The molecule has 0 unspecified atom stereocenters. The van der Waals surface area contributed by atoms with E-state index >= 15 is 0 Å². The molecule has 0 radical (unpaired) electrons. The molecule has 0 aliphatic rings. The number of hydrogen-bond acceptors (Lipinski definition) is 4. The summed E-state index contributed by atoms with van der Waals surface area (Å²) in [6.07, 6.45) is 3.50. The van der Waals surface area contributed by atoms with E-state index in [4.69, 9.17) is 4.99 Å². The number of nitrogens with zero attached hydrogens (tertiary/aromatic N) is 4. The number of halogens is 1. The van der Waals surface area contributed by atoms with Gasteiger partial charge in [-0.05, 0) is 36.4 Å². The molecule has 0 fully saturated rings. The van der Waals surface area contributed by atoms with Crippen molar-refractivity contribution in [3.63, 3.8) is 0 Å². The van der Waals surface area contributed by atoms with Gasteiger partial charge in [0.2, 0.25) is 4.80 Å². The van der Waals surface area contributed by atoms with Gasteiger partial charge in [-0.25, -0.2) is 9.67 Å². The van der Waals surface area contributed by atoms with Gasteiger partial charge >= 0.3 is 0 Å². The van der Waals surface area contributed by atoms with Crippen molar-refractivity contribution in [2.45, 2.75) is 0 Å². The fourth-order valence-electron chi connectivity index (χ4n) is 2.52. The molecule has 4 nitrogen and oxygen atoms in total. The fraction of sp³-hybridized carbons (Fsp3) is 0. The molecule has 0 aliphatic carbocycles. The van der Waals surface area contributed by atoms with Crippen LogP contribution in [0.3, 0.4) is 0 Å². The molecule has 2 aromatic carbocycles. The molecule has 0 N–H and O–H groups in total. The zero-order valence-corrected chi connectivity index (χ0v) is 16.6. The lowest BCUT2D eigenvalue weighted by atomic mass is 10.2. The maximum absolute atomic E-state index is 4.76. The predicted molar refractivity (Wildman–Crippen MR) is 114 cm³/mol. The Bertz CT molecular complexity index is 1130. The van der Waals surface area contributed by atoms with Gasteiger partial charge in [-0.2, -0.15) is 5.10 Å². The molecule has 0 atom stereocenters. The summed E-state index contributed by atoms with van der Waals surface area (Å²) in [7, 11) is 0. The van der Waals surface area contributed by atoms with Crippen molar-refractivity contribution in [2.75, 3.05) is 0 Å². The first-order valence-corrected chi connectivity index (χ1v) is 9.98. The molecule has 0 saturated heterocycles. The number of hydrogen-bond donors (Lipinski definition) is 0. The Morgan fingerprint density at radius 3 is 2.59 bits per heavy atom. The van der Waals surface area contributed by atoms with E-state index in [9.17, 15) is 0 Å². The Balaban J connectivity index is 1.85. The van der Waals surface area contributed by atoms with Gasteiger partial charge in [0.15, 0.2) is 0 Å². The summed E-state index contributed by atoms with van der Waals surface area (Å²) in [5, 5.41) is 6.74. The summed E-state index contributed by atoms with van der Waals surface area (Å²) in [5.74, 6) is 0. The van der Waals surface area contributed by atoms with Crippen molar-refractivity contribution in [3.8, 4) is 11.3 Å². The average Bonchev–Trinajstić information content (AvgIpc) is 3.10. The van der Waals surface area contributed by atoms with Gasteiger partial charge in [0.05, 0.1) is 23.3 Å². The van der Waals surface area contributed by atoms with Crippen molar-refractivity contribution >= 4 is 39.2 Å². The van der Waals surface area contributed by atoms with Crippen LogP contribution in [0.1, 0.15) is 5.69 Å². The van der Waals surface area contributed by atoms with Crippen LogP contribution in [0.2, 0.25) is 0 Å². The van der Waals surface area contributed by atoms with Gasteiger partial charge in [-0.15, -0.1) is 11.3 Å². The lowest BCUT2D eigenvalue weighted by Crippen LogP contribution is -2.11. The van der Waals surface area contributed by atoms with E-state index in [2.05, 4.69) is 43.5 Å². The van der Waals surface area contributed by atoms with Crippen molar-refractivity contribution in [1.82, 2.24) is 9.66 Å². The fourth-order valence-corrected chi connectivity index (χ4v) is 3.77. The van der Waals surface area contributed by atoms with Gasteiger partial charge < -0.3 is 0 Å². The van der Waals surface area contributed by atoms with E-state index in [-0.39, 0.29) is 0 Å². The number of benzene rings is 2. The molecule has 0 aliphatic heterocycles. The average molecular weight is 435 g/mol. The van der Waals surface area contributed by atoms with E-state index in [0.29, 0.717) is 0 Å². The lowest BCUT2D eigenvalue weighted by Gasteiger charge is -2.04. The third-order valence-corrected chi connectivity index (χ3v) is 5.09. The molecule has 0 amide bonds. The molecule has 4 rings (SSSR count). The van der Waals surface area contributed by atoms with Crippen molar-refractivity contribution in [2.24, 2.45) is 10.1 Å². The van der Waals surface area contributed by atoms with Gasteiger partial charge in [0, 0.05) is 21.6 Å². The Kier molecular flexibility index (Phi) is 5.37. The van der Waals surface area contributed by atoms with E-state index in [1.807, 2.05) is 65.3 Å². The monoisotopic (exact) mass is 434 g/mol. The second-order valence-corrected chi connectivity index (χ2v) is 7.42. The van der Waals surface area contributed by atoms with Crippen LogP contribution in [0.15, 0.2) is 98.9 Å². The minimum atomic E-state index is 0.794. The predicted octanol–water partition coefficient (Wildman–Crippen LogP) is 5.49. The molecular formula is C21H15BrN4S. The molecule has 0 bridgehead atoms. The van der Waals surface area contributed by atoms with Crippen LogP contribution in [-0.4, -0.2) is 15.9 Å². The highest BCUT2D eigenvalue weighted by atomic mass is 79.9. The van der Waals surface area contributed by atoms with Gasteiger partial charge in [-0.1, -0.05) is 52.3 Å². The second-order valence-electron chi connectivity index (χ2n) is 5.67. The molecule has 0 spiro atoms. The Morgan fingerprint density at radius 2 is 1.81 bits per heavy atom. The molecule has 0 saturated carbocycles. The first kappa shape index (κ1) is 17.6. The highest BCUT2D eigenvalue weighted by molar-refractivity contribution is 9.10. The van der Waals surface area contributed by atoms with Gasteiger partial charge in [0.1, 0.15) is 0 Å². The van der Waals surface area contributed by atoms with Crippen molar-refractivity contribution in [1.29, 1.82) is 0 Å². The van der Waals surface area contributed by atoms with Crippen LogP contribution in [0, 0.1) is 0 Å².